The van der Waals surface area contributed by atoms with Crippen molar-refractivity contribution in [3.63, 3.8) is 0 Å². The Morgan fingerprint density at radius 2 is 2.06 bits per heavy atom. The number of rotatable bonds is 2. The summed E-state index contributed by atoms with van der Waals surface area (Å²) in [6.07, 6.45) is 9.89. The van der Waals surface area contributed by atoms with Crippen molar-refractivity contribution in [2.24, 2.45) is 0 Å². The van der Waals surface area contributed by atoms with E-state index >= 15 is 0 Å². The third-order valence-corrected chi connectivity index (χ3v) is 4.43. The van der Waals surface area contributed by atoms with Gasteiger partial charge >= 0.3 is 0 Å². The second-order valence-corrected chi connectivity index (χ2v) is 5.53. The summed E-state index contributed by atoms with van der Waals surface area (Å²) in [7, 11) is 0. The van der Waals surface area contributed by atoms with Crippen molar-refractivity contribution in [3.05, 3.63) is 12.2 Å². The van der Waals surface area contributed by atoms with E-state index in [9.17, 15) is 0 Å². The van der Waals surface area contributed by atoms with Crippen molar-refractivity contribution >= 4 is 0 Å². The summed E-state index contributed by atoms with van der Waals surface area (Å²) < 4.78 is 2.37. The number of nitrogens with one attached hydrogen (secondary N) is 1. The molecule has 94 valence electrons. The van der Waals surface area contributed by atoms with Gasteiger partial charge in [0.1, 0.15) is 12.2 Å². The molecule has 0 aromatic carbocycles. The van der Waals surface area contributed by atoms with E-state index in [2.05, 4.69) is 27.0 Å². The largest absolute Gasteiger partial charge is 0.314 e. The van der Waals surface area contributed by atoms with Gasteiger partial charge < -0.3 is 9.88 Å². The van der Waals surface area contributed by atoms with E-state index in [4.69, 9.17) is 0 Å². The van der Waals surface area contributed by atoms with Gasteiger partial charge in [0.25, 0.3) is 0 Å². The van der Waals surface area contributed by atoms with E-state index in [-0.39, 0.29) is 0 Å². The summed E-state index contributed by atoms with van der Waals surface area (Å²) in [6.45, 7) is 3.38. The fourth-order valence-electron chi connectivity index (χ4n) is 3.37. The Kier molecular flexibility index (Phi) is 3.14. The molecule has 2 atom stereocenters. The van der Waals surface area contributed by atoms with Crippen LogP contribution in [0.5, 0.6) is 0 Å². The van der Waals surface area contributed by atoms with Crippen LogP contribution in [0.2, 0.25) is 0 Å². The standard InChI is InChI=1S/C13H22N4/c1-10-12(7-8-14-10)13-16-15-9-17(13)11-5-3-2-4-6-11/h9-12,14H,2-8H2,1H3. The third kappa shape index (κ3) is 2.10. The van der Waals surface area contributed by atoms with Gasteiger partial charge in [-0.3, -0.25) is 0 Å². The maximum atomic E-state index is 4.40. The first-order valence-corrected chi connectivity index (χ1v) is 6.99. The number of aromatic nitrogens is 3. The Labute approximate surface area is 103 Å². The second-order valence-electron chi connectivity index (χ2n) is 5.53. The molecule has 1 aromatic heterocycles. The van der Waals surface area contributed by atoms with E-state index < -0.39 is 0 Å². The van der Waals surface area contributed by atoms with Gasteiger partial charge in [-0.2, -0.15) is 0 Å². The Hall–Kier alpha value is -0.900. The summed E-state index contributed by atoms with van der Waals surface area (Å²) in [5, 5.41) is 12.1. The van der Waals surface area contributed by atoms with Gasteiger partial charge in [0, 0.05) is 18.0 Å². The van der Waals surface area contributed by atoms with Crippen molar-refractivity contribution in [1.82, 2.24) is 20.1 Å². The normalized spacial score (nSPS) is 30.9. The fourth-order valence-corrected chi connectivity index (χ4v) is 3.37. The van der Waals surface area contributed by atoms with Crippen LogP contribution < -0.4 is 5.32 Å². The van der Waals surface area contributed by atoms with Gasteiger partial charge in [0.05, 0.1) is 0 Å². The van der Waals surface area contributed by atoms with Crippen LogP contribution in [0.3, 0.4) is 0 Å². The van der Waals surface area contributed by atoms with Crippen molar-refractivity contribution in [2.75, 3.05) is 6.54 Å². The first kappa shape index (κ1) is 11.2. The summed E-state index contributed by atoms with van der Waals surface area (Å²) in [5.74, 6) is 1.77. The quantitative estimate of drug-likeness (QED) is 0.853. The van der Waals surface area contributed by atoms with Crippen LogP contribution in [-0.2, 0) is 0 Å². The van der Waals surface area contributed by atoms with Gasteiger partial charge in [0.15, 0.2) is 0 Å². The lowest BCUT2D eigenvalue weighted by atomic mass is 9.94. The summed E-state index contributed by atoms with van der Waals surface area (Å²) in [5.41, 5.74) is 0. The molecule has 1 saturated carbocycles. The first-order chi connectivity index (χ1) is 8.36. The average molecular weight is 234 g/mol. The van der Waals surface area contributed by atoms with Crippen molar-refractivity contribution in [1.29, 1.82) is 0 Å². The molecule has 0 bridgehead atoms. The van der Waals surface area contributed by atoms with Gasteiger partial charge in [0.2, 0.25) is 0 Å². The lowest BCUT2D eigenvalue weighted by Gasteiger charge is -2.26. The molecule has 1 aliphatic carbocycles. The maximum Gasteiger partial charge on any atom is 0.137 e. The molecule has 0 amide bonds. The summed E-state index contributed by atoms with van der Waals surface area (Å²) in [4.78, 5) is 0. The highest BCUT2D eigenvalue weighted by molar-refractivity contribution is 5.06. The molecule has 2 heterocycles. The van der Waals surface area contributed by atoms with E-state index in [1.807, 2.05) is 6.33 Å². The van der Waals surface area contributed by atoms with Gasteiger partial charge in [-0.25, -0.2) is 0 Å². The van der Waals surface area contributed by atoms with Crippen LogP contribution in [0.25, 0.3) is 0 Å². The van der Waals surface area contributed by atoms with Gasteiger partial charge in [-0.1, -0.05) is 19.3 Å². The van der Waals surface area contributed by atoms with Crippen LogP contribution in [-0.4, -0.2) is 27.4 Å². The van der Waals surface area contributed by atoms with Gasteiger partial charge in [-0.15, -0.1) is 10.2 Å². The lowest BCUT2D eigenvalue weighted by Crippen LogP contribution is -2.25. The van der Waals surface area contributed by atoms with Crippen molar-refractivity contribution < 1.29 is 0 Å². The molecule has 4 nitrogen and oxygen atoms in total. The zero-order valence-corrected chi connectivity index (χ0v) is 10.6. The Balaban J connectivity index is 1.82. The highest BCUT2D eigenvalue weighted by Gasteiger charge is 2.30. The molecule has 0 radical (unpaired) electrons. The Bertz CT molecular complexity index is 367. The molecular weight excluding hydrogens is 212 g/mol. The number of nitrogens with zero attached hydrogens (tertiary/aromatic N) is 3. The Morgan fingerprint density at radius 1 is 1.24 bits per heavy atom. The molecule has 4 heteroatoms. The summed E-state index contributed by atoms with van der Waals surface area (Å²) in [6, 6.07) is 1.20. The Morgan fingerprint density at radius 3 is 2.76 bits per heavy atom. The number of hydrogen-bond donors (Lipinski definition) is 1. The lowest BCUT2D eigenvalue weighted by molar-refractivity contribution is 0.337. The molecule has 1 saturated heterocycles. The third-order valence-electron chi connectivity index (χ3n) is 4.43. The molecule has 3 rings (SSSR count). The maximum absolute atomic E-state index is 4.40. The second kappa shape index (κ2) is 4.77. The molecule has 0 spiro atoms. The van der Waals surface area contributed by atoms with E-state index in [0.29, 0.717) is 18.0 Å². The van der Waals surface area contributed by atoms with E-state index in [0.717, 1.165) is 6.54 Å². The summed E-state index contributed by atoms with van der Waals surface area (Å²) >= 11 is 0. The minimum atomic E-state index is 0.543. The zero-order valence-electron chi connectivity index (χ0n) is 10.6. The molecule has 2 aliphatic rings. The van der Waals surface area contributed by atoms with Crippen molar-refractivity contribution in [3.8, 4) is 0 Å². The van der Waals surface area contributed by atoms with Crippen LogP contribution >= 0.6 is 0 Å². The van der Waals surface area contributed by atoms with Gasteiger partial charge in [-0.05, 0) is 32.7 Å². The minimum Gasteiger partial charge on any atom is -0.314 e. The molecule has 2 unspecified atom stereocenters. The monoisotopic (exact) mass is 234 g/mol. The fraction of sp³-hybridized carbons (Fsp3) is 0.846. The molecule has 1 N–H and O–H groups in total. The van der Waals surface area contributed by atoms with E-state index in [1.165, 1.54) is 44.3 Å². The molecule has 17 heavy (non-hydrogen) atoms. The van der Waals surface area contributed by atoms with Crippen molar-refractivity contribution in [2.45, 2.75) is 63.5 Å². The predicted octanol–water partition coefficient (Wildman–Crippen LogP) is 2.25. The predicted molar refractivity (Wildman–Crippen MR) is 67.0 cm³/mol. The van der Waals surface area contributed by atoms with Crippen LogP contribution in [0.1, 0.15) is 63.2 Å². The average Bonchev–Trinajstić information content (AvgIpc) is 2.98. The molecule has 1 aromatic rings. The van der Waals surface area contributed by atoms with Crippen LogP contribution in [0.15, 0.2) is 6.33 Å². The van der Waals surface area contributed by atoms with Crippen LogP contribution in [0.4, 0.5) is 0 Å². The van der Waals surface area contributed by atoms with E-state index in [1.54, 1.807) is 0 Å². The minimum absolute atomic E-state index is 0.543. The zero-order chi connectivity index (χ0) is 11.7. The molecular formula is C13H22N4. The highest BCUT2D eigenvalue weighted by Crippen LogP contribution is 2.33. The smallest absolute Gasteiger partial charge is 0.137 e. The highest BCUT2D eigenvalue weighted by atomic mass is 15.3. The SMILES string of the molecule is CC1NCCC1c1nncn1C1CCCCC1. The first-order valence-electron chi connectivity index (χ1n) is 6.99. The molecule has 2 fully saturated rings. The molecule has 1 aliphatic heterocycles. The number of hydrogen-bond acceptors (Lipinski definition) is 3. The van der Waals surface area contributed by atoms with Crippen LogP contribution in [0, 0.1) is 0 Å². The topological polar surface area (TPSA) is 42.7 Å².